The number of rotatable bonds is 2. The molecule has 0 aliphatic carbocycles. The molecule has 0 spiro atoms. The van der Waals surface area contributed by atoms with Gasteiger partial charge in [-0.1, -0.05) is 30.3 Å². The lowest BCUT2D eigenvalue weighted by atomic mass is 10.1. The van der Waals surface area contributed by atoms with Gasteiger partial charge in [-0.15, -0.1) is 4.73 Å². The normalized spacial score (nSPS) is 14.8. The van der Waals surface area contributed by atoms with Gasteiger partial charge in [-0.05, 0) is 24.8 Å². The largest absolute Gasteiger partial charge is 0.492 e. The molecule has 1 aliphatic heterocycles. The van der Waals surface area contributed by atoms with Crippen LogP contribution in [0.2, 0.25) is 0 Å². The number of amides is 1. The predicted molar refractivity (Wildman–Crippen MR) is 80.6 cm³/mol. The molecule has 6 heteroatoms. The van der Waals surface area contributed by atoms with Crippen LogP contribution in [0.1, 0.15) is 19.3 Å². The van der Waals surface area contributed by atoms with Gasteiger partial charge in [0.2, 0.25) is 11.8 Å². The van der Waals surface area contributed by atoms with E-state index < -0.39 is 6.09 Å². The van der Waals surface area contributed by atoms with Gasteiger partial charge < -0.3 is 20.0 Å². The molecule has 0 radical (unpaired) electrons. The van der Waals surface area contributed by atoms with Gasteiger partial charge in [-0.3, -0.25) is 0 Å². The lowest BCUT2D eigenvalue weighted by Gasteiger charge is -2.25. The average molecular weight is 302 g/mol. The first-order chi connectivity index (χ1) is 10.7. The summed E-state index contributed by atoms with van der Waals surface area (Å²) in [6.07, 6.45) is 2.41. The maximum absolute atomic E-state index is 12.1. The Morgan fingerprint density at radius 1 is 1.05 bits per heavy atom. The topological polar surface area (TPSA) is 74.9 Å². The number of aromatic nitrogens is 1. The number of nitrogens with zero attached hydrogens (tertiary/aromatic N) is 2. The fourth-order valence-electron chi connectivity index (χ4n) is 2.60. The van der Waals surface area contributed by atoms with E-state index in [1.54, 1.807) is 17.0 Å². The van der Waals surface area contributed by atoms with Crippen LogP contribution < -0.4 is 4.84 Å². The zero-order valence-electron chi connectivity index (χ0n) is 12.1. The molecule has 0 unspecified atom stereocenters. The summed E-state index contributed by atoms with van der Waals surface area (Å²) in [6, 6.07) is 10.5. The number of carbonyl (C=O) groups is 1. The Labute approximate surface area is 128 Å². The van der Waals surface area contributed by atoms with Crippen molar-refractivity contribution in [3.05, 3.63) is 36.4 Å². The maximum Gasteiger partial charge on any atom is 0.434 e. The molecule has 1 aromatic carbocycles. The van der Waals surface area contributed by atoms with Gasteiger partial charge in [0.05, 0.1) is 5.56 Å². The van der Waals surface area contributed by atoms with Gasteiger partial charge in [0.15, 0.2) is 0 Å². The molecule has 1 aliphatic rings. The molecule has 0 saturated carbocycles. The van der Waals surface area contributed by atoms with Crippen molar-refractivity contribution in [3.63, 3.8) is 0 Å². The van der Waals surface area contributed by atoms with Crippen LogP contribution in [0.15, 0.2) is 36.4 Å². The second-order valence-corrected chi connectivity index (χ2v) is 5.31. The fraction of sp³-hybridized carbons (Fsp3) is 0.312. The van der Waals surface area contributed by atoms with Crippen molar-refractivity contribution in [2.24, 2.45) is 0 Å². The molecule has 2 heterocycles. The molecule has 0 atom stereocenters. The maximum atomic E-state index is 12.1. The van der Waals surface area contributed by atoms with Crippen molar-refractivity contribution in [1.82, 2.24) is 9.63 Å². The summed E-state index contributed by atoms with van der Waals surface area (Å²) in [4.78, 5) is 18.8. The van der Waals surface area contributed by atoms with Crippen LogP contribution >= 0.6 is 0 Å². The summed E-state index contributed by atoms with van der Waals surface area (Å²) in [5.41, 5.74) is 1.13. The zero-order valence-corrected chi connectivity index (χ0v) is 12.1. The second-order valence-electron chi connectivity index (χ2n) is 5.31. The quantitative estimate of drug-likeness (QED) is 0.894. The van der Waals surface area contributed by atoms with E-state index in [2.05, 4.69) is 0 Å². The molecule has 1 aromatic heterocycles. The summed E-state index contributed by atoms with van der Waals surface area (Å²) < 4.78 is 0.763. The lowest BCUT2D eigenvalue weighted by Crippen LogP contribution is -2.40. The minimum atomic E-state index is -0.569. The zero-order chi connectivity index (χ0) is 15.5. The van der Waals surface area contributed by atoms with Gasteiger partial charge in [0, 0.05) is 19.2 Å². The van der Waals surface area contributed by atoms with Crippen molar-refractivity contribution < 1.29 is 19.8 Å². The second kappa shape index (κ2) is 6.01. The molecule has 22 heavy (non-hydrogen) atoms. The van der Waals surface area contributed by atoms with Crippen molar-refractivity contribution in [2.45, 2.75) is 19.3 Å². The van der Waals surface area contributed by atoms with Crippen molar-refractivity contribution in [1.29, 1.82) is 0 Å². The molecule has 116 valence electrons. The first-order valence-corrected chi connectivity index (χ1v) is 7.33. The Hall–Kier alpha value is -2.63. The van der Waals surface area contributed by atoms with Gasteiger partial charge >= 0.3 is 6.09 Å². The van der Waals surface area contributed by atoms with Crippen molar-refractivity contribution in [3.8, 4) is 22.9 Å². The summed E-state index contributed by atoms with van der Waals surface area (Å²) in [5, 5.41) is 20.1. The number of hydrogen-bond acceptors (Lipinski definition) is 4. The first-order valence-electron chi connectivity index (χ1n) is 7.33. The Kier molecular flexibility index (Phi) is 3.91. The van der Waals surface area contributed by atoms with Crippen LogP contribution in [-0.4, -0.2) is 39.0 Å². The van der Waals surface area contributed by atoms with E-state index in [1.807, 2.05) is 18.2 Å². The van der Waals surface area contributed by atoms with Crippen LogP contribution in [0.4, 0.5) is 4.79 Å². The number of benzene rings is 1. The molecular formula is C16H18N2O4. The Balaban J connectivity index is 1.82. The first kappa shape index (κ1) is 14.3. The number of likely N-dealkylation sites (tertiary alicyclic amines) is 1. The Morgan fingerprint density at radius 3 is 2.41 bits per heavy atom. The third-order valence-corrected chi connectivity index (χ3v) is 3.78. The predicted octanol–water partition coefficient (Wildman–Crippen LogP) is 2.60. The molecule has 3 rings (SSSR count). The average Bonchev–Trinajstić information content (AvgIpc) is 2.84. The molecule has 2 aromatic rings. The van der Waals surface area contributed by atoms with E-state index in [1.165, 1.54) is 6.07 Å². The Morgan fingerprint density at radius 2 is 1.73 bits per heavy atom. The number of piperidine rings is 1. The van der Waals surface area contributed by atoms with E-state index >= 15 is 0 Å². The number of hydrogen-bond donors (Lipinski definition) is 2. The van der Waals surface area contributed by atoms with E-state index in [4.69, 9.17) is 4.84 Å². The van der Waals surface area contributed by atoms with Crippen LogP contribution in [0.5, 0.6) is 11.8 Å². The summed E-state index contributed by atoms with van der Waals surface area (Å²) in [7, 11) is 0. The standard InChI is InChI=1S/C16H18N2O4/c19-14-11-13(12-7-3-1-4-8-12)15(20)18(14)22-16(21)17-9-5-2-6-10-17/h1,3-4,7-8,11,19-20H,2,5-6,9-10H2. The summed E-state index contributed by atoms with van der Waals surface area (Å²) in [6.45, 7) is 1.26. The van der Waals surface area contributed by atoms with Crippen molar-refractivity contribution in [2.75, 3.05) is 13.1 Å². The van der Waals surface area contributed by atoms with Crippen LogP contribution in [0.3, 0.4) is 0 Å². The van der Waals surface area contributed by atoms with E-state index in [0.717, 1.165) is 29.6 Å². The van der Waals surface area contributed by atoms with Crippen molar-refractivity contribution >= 4 is 6.09 Å². The highest BCUT2D eigenvalue weighted by atomic mass is 16.7. The van der Waals surface area contributed by atoms with E-state index in [9.17, 15) is 15.0 Å². The third kappa shape index (κ3) is 2.72. The molecule has 0 bridgehead atoms. The monoisotopic (exact) mass is 302 g/mol. The number of aromatic hydroxyl groups is 2. The minimum Gasteiger partial charge on any atom is -0.492 e. The molecule has 2 N–H and O–H groups in total. The summed E-state index contributed by atoms with van der Waals surface area (Å²) >= 11 is 0. The highest BCUT2D eigenvalue weighted by Gasteiger charge is 2.23. The lowest BCUT2D eigenvalue weighted by molar-refractivity contribution is 0.0696. The highest BCUT2D eigenvalue weighted by Crippen LogP contribution is 2.35. The highest BCUT2D eigenvalue weighted by molar-refractivity contribution is 5.72. The molecular weight excluding hydrogens is 284 g/mol. The van der Waals surface area contributed by atoms with Crippen LogP contribution in [-0.2, 0) is 0 Å². The number of carbonyl (C=O) groups excluding carboxylic acids is 1. The molecule has 1 saturated heterocycles. The van der Waals surface area contributed by atoms with Crippen LogP contribution in [0, 0.1) is 0 Å². The smallest absolute Gasteiger partial charge is 0.434 e. The minimum absolute atomic E-state index is 0.297. The van der Waals surface area contributed by atoms with Gasteiger partial charge in [-0.25, -0.2) is 4.79 Å². The van der Waals surface area contributed by atoms with E-state index in [-0.39, 0.29) is 11.8 Å². The Bertz CT molecular complexity index is 660. The third-order valence-electron chi connectivity index (χ3n) is 3.78. The van der Waals surface area contributed by atoms with Gasteiger partial charge in [0.25, 0.3) is 0 Å². The summed E-state index contributed by atoms with van der Waals surface area (Å²) in [5.74, 6) is -0.615. The molecule has 1 fully saturated rings. The molecule has 1 amide bonds. The van der Waals surface area contributed by atoms with Gasteiger partial charge in [-0.2, -0.15) is 0 Å². The fourth-order valence-corrected chi connectivity index (χ4v) is 2.60. The van der Waals surface area contributed by atoms with E-state index in [0.29, 0.717) is 18.7 Å². The SMILES string of the molecule is O=C(On1c(O)cc(-c2ccccc2)c1O)N1CCCCC1. The molecule has 6 nitrogen and oxygen atoms in total. The van der Waals surface area contributed by atoms with Crippen LogP contribution in [0.25, 0.3) is 11.1 Å². The van der Waals surface area contributed by atoms with Gasteiger partial charge in [0.1, 0.15) is 0 Å².